The zero-order valence-corrected chi connectivity index (χ0v) is 11.3. The predicted octanol–water partition coefficient (Wildman–Crippen LogP) is 1.32. The van der Waals surface area contributed by atoms with Gasteiger partial charge < -0.3 is 19.1 Å². The number of rotatable bonds is 5. The van der Waals surface area contributed by atoms with Crippen molar-refractivity contribution in [2.45, 2.75) is 12.5 Å². The van der Waals surface area contributed by atoms with Crippen molar-refractivity contribution in [3.63, 3.8) is 0 Å². The number of hydrogen-bond acceptors (Lipinski definition) is 5. The Morgan fingerprint density at radius 1 is 1.37 bits per heavy atom. The van der Waals surface area contributed by atoms with Gasteiger partial charge in [-0.1, -0.05) is 12.1 Å². The Balaban J connectivity index is 1.79. The molecule has 0 spiro atoms. The van der Waals surface area contributed by atoms with E-state index in [0.717, 1.165) is 13.0 Å². The van der Waals surface area contributed by atoms with Crippen molar-refractivity contribution in [2.75, 3.05) is 33.9 Å². The quantitative estimate of drug-likeness (QED) is 0.593. The average molecular weight is 265 g/mol. The van der Waals surface area contributed by atoms with Gasteiger partial charge in [0.15, 0.2) is 11.5 Å². The van der Waals surface area contributed by atoms with E-state index in [9.17, 15) is 4.79 Å². The monoisotopic (exact) mass is 265 g/mol. The molecule has 1 aliphatic heterocycles. The van der Waals surface area contributed by atoms with E-state index in [2.05, 4.69) is 0 Å². The minimum atomic E-state index is -0.672. The second-order valence-electron chi connectivity index (χ2n) is 4.69. The average Bonchev–Trinajstić information content (AvgIpc) is 2.42. The lowest BCUT2D eigenvalue weighted by Crippen LogP contribution is -2.38. The lowest BCUT2D eigenvalue weighted by atomic mass is 10.2. The molecule has 1 aliphatic rings. The Morgan fingerprint density at radius 2 is 2.11 bits per heavy atom. The van der Waals surface area contributed by atoms with Gasteiger partial charge in [0.05, 0.1) is 6.61 Å². The van der Waals surface area contributed by atoms with Gasteiger partial charge in [-0.3, -0.25) is 0 Å². The van der Waals surface area contributed by atoms with Gasteiger partial charge in [0, 0.05) is 6.54 Å². The highest BCUT2D eigenvalue weighted by Crippen LogP contribution is 2.31. The predicted molar refractivity (Wildman–Crippen MR) is 70.5 cm³/mol. The largest absolute Gasteiger partial charge is 0.485 e. The summed E-state index contributed by atoms with van der Waals surface area (Å²) in [5, 5.41) is 0. The van der Waals surface area contributed by atoms with Crippen LogP contribution in [0.1, 0.15) is 6.42 Å². The first-order valence-corrected chi connectivity index (χ1v) is 6.36. The Bertz CT molecular complexity index is 433. The van der Waals surface area contributed by atoms with Crippen LogP contribution in [-0.4, -0.2) is 50.8 Å². The maximum atomic E-state index is 11.8. The molecule has 2 rings (SSSR count). The van der Waals surface area contributed by atoms with Crippen molar-refractivity contribution < 1.29 is 19.0 Å². The van der Waals surface area contributed by atoms with Gasteiger partial charge in [0.2, 0.25) is 6.10 Å². The summed E-state index contributed by atoms with van der Waals surface area (Å²) in [5.41, 5.74) is 0. The zero-order valence-electron chi connectivity index (χ0n) is 11.3. The number of ether oxygens (including phenoxy) is 3. The third kappa shape index (κ3) is 3.86. The summed E-state index contributed by atoms with van der Waals surface area (Å²) in [6.07, 6.45) is 0.136. The van der Waals surface area contributed by atoms with E-state index in [1.807, 2.05) is 37.2 Å². The van der Waals surface area contributed by atoms with Crippen LogP contribution in [-0.2, 0) is 9.53 Å². The molecule has 1 aromatic rings. The number of esters is 1. The highest BCUT2D eigenvalue weighted by molar-refractivity contribution is 5.75. The van der Waals surface area contributed by atoms with Crippen molar-refractivity contribution in [1.82, 2.24) is 4.90 Å². The van der Waals surface area contributed by atoms with Gasteiger partial charge in [-0.25, -0.2) is 4.79 Å². The molecule has 1 atom stereocenters. The minimum absolute atomic E-state index is 0.198. The first-order chi connectivity index (χ1) is 9.16. The summed E-state index contributed by atoms with van der Waals surface area (Å²) >= 11 is 0. The molecule has 1 aromatic carbocycles. The molecular formula is C14H19NO4. The third-order valence-corrected chi connectivity index (χ3v) is 2.77. The fourth-order valence-corrected chi connectivity index (χ4v) is 1.78. The summed E-state index contributed by atoms with van der Waals surface area (Å²) in [6.45, 7) is 1.49. The molecule has 104 valence electrons. The molecule has 0 aromatic heterocycles. The van der Waals surface area contributed by atoms with E-state index in [4.69, 9.17) is 14.2 Å². The van der Waals surface area contributed by atoms with Crippen molar-refractivity contribution in [3.8, 4) is 11.5 Å². The highest BCUT2D eigenvalue weighted by Gasteiger charge is 2.28. The Kier molecular flexibility index (Phi) is 4.63. The molecule has 0 bridgehead atoms. The van der Waals surface area contributed by atoms with Crippen molar-refractivity contribution in [1.29, 1.82) is 0 Å². The van der Waals surface area contributed by atoms with Gasteiger partial charge >= 0.3 is 5.97 Å². The summed E-state index contributed by atoms with van der Waals surface area (Å²) in [5.74, 6) is 0.886. The highest BCUT2D eigenvalue weighted by atomic mass is 16.6. The lowest BCUT2D eigenvalue weighted by Gasteiger charge is -2.25. The zero-order chi connectivity index (χ0) is 13.7. The molecule has 0 aliphatic carbocycles. The summed E-state index contributed by atoms with van der Waals surface area (Å²) in [4.78, 5) is 13.9. The molecule has 0 fully saturated rings. The second kappa shape index (κ2) is 6.43. The summed E-state index contributed by atoms with van der Waals surface area (Å²) < 4.78 is 16.2. The number of benzene rings is 1. The molecule has 0 radical (unpaired) electrons. The molecule has 0 N–H and O–H groups in total. The maximum absolute atomic E-state index is 11.8. The van der Waals surface area contributed by atoms with Gasteiger partial charge in [-0.2, -0.15) is 0 Å². The molecule has 1 unspecified atom stereocenters. The first-order valence-electron chi connectivity index (χ1n) is 6.36. The SMILES string of the molecule is CN(C)CCCOC(=O)C1COc2ccccc2O1. The van der Waals surface area contributed by atoms with Crippen molar-refractivity contribution >= 4 is 5.97 Å². The number of fused-ring (bicyclic) bond motifs is 1. The van der Waals surface area contributed by atoms with Crippen molar-refractivity contribution in [3.05, 3.63) is 24.3 Å². The van der Waals surface area contributed by atoms with Crippen LogP contribution in [0.15, 0.2) is 24.3 Å². The number of carbonyl (C=O) groups is 1. The molecule has 0 saturated heterocycles. The van der Waals surface area contributed by atoms with Crippen LogP contribution in [0, 0.1) is 0 Å². The lowest BCUT2D eigenvalue weighted by molar-refractivity contribution is -0.154. The standard InChI is InChI=1S/C14H19NO4/c1-15(2)8-5-9-17-14(16)13-10-18-11-6-3-4-7-12(11)19-13/h3-4,6-7,13H,5,8-10H2,1-2H3. The van der Waals surface area contributed by atoms with Crippen LogP contribution in [0.3, 0.4) is 0 Å². The maximum Gasteiger partial charge on any atom is 0.350 e. The van der Waals surface area contributed by atoms with Gasteiger partial charge in [-0.05, 0) is 32.6 Å². The van der Waals surface area contributed by atoms with E-state index in [0.29, 0.717) is 18.1 Å². The van der Waals surface area contributed by atoms with Gasteiger partial charge in [0.1, 0.15) is 6.61 Å². The number of hydrogen-bond donors (Lipinski definition) is 0. The fourth-order valence-electron chi connectivity index (χ4n) is 1.78. The topological polar surface area (TPSA) is 48.0 Å². The Hall–Kier alpha value is -1.75. The second-order valence-corrected chi connectivity index (χ2v) is 4.69. The van der Waals surface area contributed by atoms with Crippen LogP contribution in [0.4, 0.5) is 0 Å². The Labute approximate surface area is 113 Å². The summed E-state index contributed by atoms with van der Waals surface area (Å²) in [6, 6.07) is 7.30. The molecule has 5 heteroatoms. The normalized spacial score (nSPS) is 17.3. The van der Waals surface area contributed by atoms with Gasteiger partial charge in [-0.15, -0.1) is 0 Å². The summed E-state index contributed by atoms with van der Waals surface area (Å²) in [7, 11) is 3.97. The van der Waals surface area contributed by atoms with Crippen LogP contribution in [0.25, 0.3) is 0 Å². The first kappa shape index (κ1) is 13.7. The molecule has 5 nitrogen and oxygen atoms in total. The van der Waals surface area contributed by atoms with Crippen LogP contribution in [0.2, 0.25) is 0 Å². The number of para-hydroxylation sites is 2. The van der Waals surface area contributed by atoms with Crippen LogP contribution < -0.4 is 9.47 Å². The Morgan fingerprint density at radius 3 is 2.84 bits per heavy atom. The minimum Gasteiger partial charge on any atom is -0.485 e. The van der Waals surface area contributed by atoms with E-state index < -0.39 is 6.10 Å². The molecule has 0 saturated carbocycles. The molecule has 0 amide bonds. The molecule has 19 heavy (non-hydrogen) atoms. The fraction of sp³-hybridized carbons (Fsp3) is 0.500. The smallest absolute Gasteiger partial charge is 0.350 e. The number of carbonyl (C=O) groups excluding carboxylic acids is 1. The van der Waals surface area contributed by atoms with Gasteiger partial charge in [0.25, 0.3) is 0 Å². The van der Waals surface area contributed by atoms with E-state index in [1.165, 1.54) is 0 Å². The van der Waals surface area contributed by atoms with Crippen LogP contribution in [0.5, 0.6) is 11.5 Å². The van der Waals surface area contributed by atoms with E-state index >= 15 is 0 Å². The van der Waals surface area contributed by atoms with Crippen LogP contribution >= 0.6 is 0 Å². The third-order valence-electron chi connectivity index (χ3n) is 2.77. The molecule has 1 heterocycles. The van der Waals surface area contributed by atoms with E-state index in [1.54, 1.807) is 6.07 Å². The van der Waals surface area contributed by atoms with Crippen molar-refractivity contribution in [2.24, 2.45) is 0 Å². The van der Waals surface area contributed by atoms with E-state index in [-0.39, 0.29) is 12.6 Å². The molecular weight excluding hydrogens is 246 g/mol. The number of nitrogens with zero attached hydrogens (tertiary/aromatic N) is 1.